The molecule has 1 aromatic carbocycles. The Morgan fingerprint density at radius 3 is 2.41 bits per heavy atom. The van der Waals surface area contributed by atoms with Gasteiger partial charge in [0.2, 0.25) is 5.91 Å². The Labute approximate surface area is 190 Å². The summed E-state index contributed by atoms with van der Waals surface area (Å²) in [5, 5.41) is 9.93. The van der Waals surface area contributed by atoms with E-state index in [0.29, 0.717) is 38.1 Å². The topological polar surface area (TPSA) is 79.5 Å². The third-order valence-corrected chi connectivity index (χ3v) is 8.56. The SMILES string of the molecule is O=C1NCC2(CNC(=O)C3(CCNCC3)COC/C=C\Cc3ccccc31)CC21CCC1. The molecule has 1 saturated heterocycles. The lowest BCUT2D eigenvalue weighted by molar-refractivity contribution is -0.137. The van der Waals surface area contributed by atoms with Crippen molar-refractivity contribution >= 4 is 11.8 Å². The van der Waals surface area contributed by atoms with Gasteiger partial charge in [0.25, 0.3) is 5.91 Å². The summed E-state index contributed by atoms with van der Waals surface area (Å²) >= 11 is 0. The third-order valence-electron chi connectivity index (χ3n) is 8.56. The van der Waals surface area contributed by atoms with Crippen LogP contribution in [0.15, 0.2) is 36.4 Å². The van der Waals surface area contributed by atoms with Crippen LogP contribution in [0.3, 0.4) is 0 Å². The first-order valence-corrected chi connectivity index (χ1v) is 12.2. The zero-order valence-corrected chi connectivity index (χ0v) is 18.9. The molecule has 1 atom stereocenters. The first-order chi connectivity index (χ1) is 15.6. The molecule has 2 heterocycles. The summed E-state index contributed by atoms with van der Waals surface area (Å²) in [5.74, 6) is 0.103. The van der Waals surface area contributed by atoms with E-state index in [0.717, 1.165) is 43.5 Å². The van der Waals surface area contributed by atoms with Crippen molar-refractivity contribution in [1.29, 1.82) is 0 Å². The number of carbonyl (C=O) groups is 2. The molecule has 5 rings (SSSR count). The average Bonchev–Trinajstić information content (AvgIpc) is 3.49. The maximum Gasteiger partial charge on any atom is 0.251 e. The summed E-state index contributed by atoms with van der Waals surface area (Å²) < 4.78 is 5.99. The molecular weight excluding hydrogens is 402 g/mol. The number of hydrogen-bond acceptors (Lipinski definition) is 4. The number of hydrogen-bond donors (Lipinski definition) is 3. The first kappa shape index (κ1) is 21.7. The van der Waals surface area contributed by atoms with Gasteiger partial charge >= 0.3 is 0 Å². The number of ether oxygens (including phenoxy) is 1. The molecule has 0 aromatic heterocycles. The highest BCUT2D eigenvalue weighted by Gasteiger charge is 2.69. The number of benzene rings is 1. The molecule has 2 aliphatic heterocycles. The Balaban J connectivity index is 1.39. The maximum absolute atomic E-state index is 13.4. The van der Waals surface area contributed by atoms with Gasteiger partial charge in [-0.15, -0.1) is 0 Å². The molecule has 3 N–H and O–H groups in total. The number of amides is 2. The predicted octanol–water partition coefficient (Wildman–Crippen LogP) is 2.59. The minimum absolute atomic E-state index is 0.0146. The lowest BCUT2D eigenvalue weighted by Crippen LogP contribution is -2.52. The van der Waals surface area contributed by atoms with Crippen molar-refractivity contribution in [1.82, 2.24) is 16.0 Å². The van der Waals surface area contributed by atoms with E-state index >= 15 is 0 Å². The smallest absolute Gasteiger partial charge is 0.251 e. The van der Waals surface area contributed by atoms with Crippen LogP contribution in [0.4, 0.5) is 0 Å². The minimum Gasteiger partial charge on any atom is -0.376 e. The van der Waals surface area contributed by atoms with Crippen molar-refractivity contribution in [2.75, 3.05) is 39.4 Å². The van der Waals surface area contributed by atoms with Crippen LogP contribution < -0.4 is 16.0 Å². The Kier molecular flexibility index (Phi) is 5.84. The van der Waals surface area contributed by atoms with Crippen LogP contribution in [0.2, 0.25) is 0 Å². The second-order valence-electron chi connectivity index (χ2n) is 10.3. The molecule has 4 aliphatic rings. The molecule has 1 unspecified atom stereocenters. The Morgan fingerprint density at radius 2 is 1.66 bits per heavy atom. The lowest BCUT2D eigenvalue weighted by atomic mass is 9.74. The van der Waals surface area contributed by atoms with Crippen LogP contribution >= 0.6 is 0 Å². The predicted molar refractivity (Wildman–Crippen MR) is 123 cm³/mol. The van der Waals surface area contributed by atoms with Gasteiger partial charge in [-0.1, -0.05) is 36.8 Å². The molecule has 0 bridgehead atoms. The van der Waals surface area contributed by atoms with Crippen molar-refractivity contribution in [3.05, 3.63) is 47.5 Å². The largest absolute Gasteiger partial charge is 0.376 e. The van der Waals surface area contributed by atoms with E-state index in [9.17, 15) is 9.59 Å². The van der Waals surface area contributed by atoms with E-state index in [-0.39, 0.29) is 17.2 Å². The van der Waals surface area contributed by atoms with Gasteiger partial charge in [0.15, 0.2) is 0 Å². The van der Waals surface area contributed by atoms with Crippen molar-refractivity contribution in [2.24, 2.45) is 16.2 Å². The first-order valence-electron chi connectivity index (χ1n) is 12.2. The average molecular weight is 438 g/mol. The highest BCUT2D eigenvalue weighted by atomic mass is 16.5. The lowest BCUT2D eigenvalue weighted by Gasteiger charge is -2.38. The van der Waals surface area contributed by atoms with E-state index in [2.05, 4.69) is 22.0 Å². The van der Waals surface area contributed by atoms with Gasteiger partial charge in [0.05, 0.1) is 18.6 Å². The molecule has 32 heavy (non-hydrogen) atoms. The Morgan fingerprint density at radius 1 is 0.875 bits per heavy atom. The molecule has 2 aliphatic carbocycles. The third kappa shape index (κ3) is 3.88. The molecule has 3 fully saturated rings. The van der Waals surface area contributed by atoms with Crippen LogP contribution in [0, 0.1) is 16.2 Å². The summed E-state index contributed by atoms with van der Waals surface area (Å²) in [6, 6.07) is 7.83. The van der Waals surface area contributed by atoms with Crippen LogP contribution in [-0.2, 0) is 16.0 Å². The van der Waals surface area contributed by atoms with Gasteiger partial charge in [0, 0.05) is 24.1 Å². The fourth-order valence-corrected chi connectivity index (χ4v) is 6.12. The van der Waals surface area contributed by atoms with Gasteiger partial charge in [0.1, 0.15) is 0 Å². The molecule has 3 spiro atoms. The fourth-order valence-electron chi connectivity index (χ4n) is 6.12. The number of fused-ring (bicyclic) bond motifs is 2. The molecule has 6 heteroatoms. The van der Waals surface area contributed by atoms with Gasteiger partial charge in [-0.25, -0.2) is 0 Å². The maximum atomic E-state index is 13.4. The number of nitrogens with one attached hydrogen (secondary N) is 3. The monoisotopic (exact) mass is 437 g/mol. The molecule has 2 amide bonds. The standard InChI is InChI=1S/C26H35N3O3/c30-22-21-8-2-1-6-20(21)7-3-4-15-32-19-24(11-13-27-14-12-24)23(31)29-18-26(17-28-22)16-25(26)9-5-10-25/h1-4,6,8,27H,5,7,9-19H2,(H,28,30)(H,29,31)/b4-3-. The van der Waals surface area contributed by atoms with Gasteiger partial charge in [-0.05, 0) is 68.7 Å². The summed E-state index contributed by atoms with van der Waals surface area (Å²) in [4.78, 5) is 26.5. The van der Waals surface area contributed by atoms with E-state index in [1.807, 2.05) is 30.3 Å². The van der Waals surface area contributed by atoms with Crippen molar-refractivity contribution in [3.63, 3.8) is 0 Å². The Bertz CT molecular complexity index is 901. The van der Waals surface area contributed by atoms with Crippen LogP contribution in [0.25, 0.3) is 0 Å². The summed E-state index contributed by atoms with van der Waals surface area (Å²) in [7, 11) is 0. The second kappa shape index (κ2) is 8.64. The highest BCUT2D eigenvalue weighted by Crippen LogP contribution is 2.73. The van der Waals surface area contributed by atoms with Gasteiger partial charge in [-0.3, -0.25) is 9.59 Å². The van der Waals surface area contributed by atoms with Crippen LogP contribution in [0.5, 0.6) is 0 Å². The number of piperidine rings is 1. The zero-order valence-electron chi connectivity index (χ0n) is 18.9. The van der Waals surface area contributed by atoms with E-state index in [1.54, 1.807) is 0 Å². The number of rotatable bonds is 0. The summed E-state index contributed by atoms with van der Waals surface area (Å²) in [6.45, 7) is 3.88. The van der Waals surface area contributed by atoms with Crippen LogP contribution in [-0.4, -0.2) is 51.2 Å². The molecular formula is C26H35N3O3. The fraction of sp³-hybridized carbons (Fsp3) is 0.615. The van der Waals surface area contributed by atoms with E-state index in [1.165, 1.54) is 19.3 Å². The van der Waals surface area contributed by atoms with E-state index in [4.69, 9.17) is 4.74 Å². The zero-order chi connectivity index (χ0) is 22.1. The molecule has 6 nitrogen and oxygen atoms in total. The number of carbonyl (C=O) groups excluding carboxylic acids is 2. The van der Waals surface area contributed by atoms with Gasteiger partial charge in [-0.2, -0.15) is 0 Å². The van der Waals surface area contributed by atoms with E-state index < -0.39 is 5.41 Å². The quantitative estimate of drug-likeness (QED) is 0.545. The Hall–Kier alpha value is -2.18. The molecule has 1 aromatic rings. The summed E-state index contributed by atoms with van der Waals surface area (Å²) in [5.41, 5.74) is 1.59. The van der Waals surface area contributed by atoms with Crippen LogP contribution in [0.1, 0.15) is 54.4 Å². The minimum atomic E-state index is -0.463. The molecule has 2 saturated carbocycles. The molecule has 172 valence electrons. The normalized spacial score (nSPS) is 30.8. The second-order valence-corrected chi connectivity index (χ2v) is 10.3. The molecule has 0 radical (unpaired) electrons. The van der Waals surface area contributed by atoms with Gasteiger partial charge < -0.3 is 20.7 Å². The van der Waals surface area contributed by atoms with Crippen molar-refractivity contribution < 1.29 is 14.3 Å². The van der Waals surface area contributed by atoms with Crippen molar-refractivity contribution in [2.45, 2.75) is 44.9 Å². The summed E-state index contributed by atoms with van der Waals surface area (Å²) in [6.07, 6.45) is 11.1. The number of allylic oxidation sites excluding steroid dienone is 1. The van der Waals surface area contributed by atoms with Crippen molar-refractivity contribution in [3.8, 4) is 0 Å². The highest BCUT2D eigenvalue weighted by molar-refractivity contribution is 5.95.